The van der Waals surface area contributed by atoms with Crippen molar-refractivity contribution in [3.63, 3.8) is 0 Å². The van der Waals surface area contributed by atoms with E-state index in [1.165, 1.54) is 6.33 Å². The van der Waals surface area contributed by atoms with Crippen molar-refractivity contribution in [1.29, 1.82) is 0 Å². The van der Waals surface area contributed by atoms with Crippen LogP contribution in [0.25, 0.3) is 5.32 Å². The average Bonchev–Trinajstić information content (AvgIpc) is 3.06. The van der Waals surface area contributed by atoms with E-state index in [1.54, 1.807) is 6.20 Å². The van der Waals surface area contributed by atoms with Gasteiger partial charge in [0.2, 0.25) is 5.91 Å². The second kappa shape index (κ2) is 12.4. The van der Waals surface area contributed by atoms with Crippen LogP contribution in [-0.4, -0.2) is 52.9 Å². The van der Waals surface area contributed by atoms with E-state index in [0.717, 1.165) is 0 Å². The van der Waals surface area contributed by atoms with Gasteiger partial charge in [-0.2, -0.15) is 0 Å². The number of nitrogens with two attached hydrogens (primary N) is 2. The molecule has 25 heavy (non-hydrogen) atoms. The van der Waals surface area contributed by atoms with Crippen molar-refractivity contribution in [2.24, 2.45) is 11.5 Å². The second-order valence-electron chi connectivity index (χ2n) is 5.17. The molecule has 0 saturated heterocycles. The number of carboxylic acids is 1. The third-order valence-electron chi connectivity index (χ3n) is 3.28. The fraction of sp³-hybridized carbons (Fsp3) is 0.571. The van der Waals surface area contributed by atoms with Crippen LogP contribution in [0.2, 0.25) is 0 Å². The minimum Gasteiger partial charge on any atom is -0.642 e. The number of unbranched alkanes of at least 4 members (excludes halogenated alkanes) is 1. The van der Waals surface area contributed by atoms with Gasteiger partial charge in [-0.05, 0) is 38.3 Å². The fourth-order valence-corrected chi connectivity index (χ4v) is 2.03. The van der Waals surface area contributed by atoms with E-state index in [0.29, 0.717) is 25.1 Å². The monoisotopic (exact) mass is 393 g/mol. The van der Waals surface area contributed by atoms with Gasteiger partial charge in [0.25, 0.3) is 0 Å². The predicted octanol–water partition coefficient (Wildman–Crippen LogP) is -2.46. The van der Waals surface area contributed by atoms with Gasteiger partial charge in [-0.25, -0.2) is 4.98 Å². The van der Waals surface area contributed by atoms with Gasteiger partial charge < -0.3 is 41.8 Å². The standard InChI is InChI=1S/C14H24N6O4.Mn/c15-4-2-1-3-10(14(23)24)20-13(22)11(19-12(21)6-16)5-9-7-17-8-18-9;/h7-8,10-11H,1-6,15-16H2,(H4,17,18,19,20,21,22,23,24);/q;+3/p-2/t10-,11-;/m0./s1. The summed E-state index contributed by atoms with van der Waals surface area (Å²) in [6.45, 7) is 0.0839. The molecule has 0 radical (unpaired) electrons. The van der Waals surface area contributed by atoms with Gasteiger partial charge in [0.1, 0.15) is 0 Å². The van der Waals surface area contributed by atoms with Crippen molar-refractivity contribution < 1.29 is 36.6 Å². The maximum atomic E-state index is 12.3. The third kappa shape index (κ3) is 8.64. The molecular weight excluding hydrogens is 371 g/mol. The summed E-state index contributed by atoms with van der Waals surface area (Å²) in [5, 5.41) is 17.2. The fourth-order valence-electron chi connectivity index (χ4n) is 2.03. The minimum absolute atomic E-state index is 0. The van der Waals surface area contributed by atoms with E-state index < -0.39 is 29.9 Å². The molecule has 0 aliphatic carbocycles. The second-order valence-corrected chi connectivity index (χ2v) is 5.17. The molecule has 138 valence electrons. The van der Waals surface area contributed by atoms with Crippen molar-refractivity contribution in [1.82, 2.24) is 15.3 Å². The number of amides is 2. The summed E-state index contributed by atoms with van der Waals surface area (Å²) in [6.07, 6.45) is 4.37. The smallest absolute Gasteiger partial charge is 0.642 e. The molecule has 1 aromatic rings. The van der Waals surface area contributed by atoms with E-state index in [2.05, 4.69) is 20.6 Å². The van der Waals surface area contributed by atoms with Gasteiger partial charge in [-0.3, -0.25) is 4.79 Å². The largest absolute Gasteiger partial charge is 3.00 e. The van der Waals surface area contributed by atoms with Gasteiger partial charge in [-0.1, -0.05) is 0 Å². The quantitative estimate of drug-likeness (QED) is 0.237. The van der Waals surface area contributed by atoms with Crippen molar-refractivity contribution in [2.75, 3.05) is 13.1 Å². The van der Waals surface area contributed by atoms with Crippen molar-refractivity contribution in [3.05, 3.63) is 23.5 Å². The van der Waals surface area contributed by atoms with Gasteiger partial charge >= 0.3 is 17.1 Å². The molecule has 1 heterocycles. The SMILES string of the molecule is NCCCC[C@H](NC(=O)[C@H](Cc1c[nH]cn1)[N-]C(=O)CN)C(=O)[O-].[Mn+3]. The van der Waals surface area contributed by atoms with Crippen LogP contribution >= 0.6 is 0 Å². The summed E-state index contributed by atoms with van der Waals surface area (Å²) in [5.41, 5.74) is 11.1. The molecule has 11 heteroatoms. The van der Waals surface area contributed by atoms with Crippen LogP contribution in [0.1, 0.15) is 25.0 Å². The first-order valence-corrected chi connectivity index (χ1v) is 7.60. The predicted molar refractivity (Wildman–Crippen MR) is 83.3 cm³/mol. The number of aromatic nitrogens is 2. The maximum Gasteiger partial charge on any atom is 3.00 e. The molecular formula is C14H22MnN6O4+. The summed E-state index contributed by atoms with van der Waals surface area (Å²) in [6, 6.07) is -2.28. The van der Waals surface area contributed by atoms with Crippen LogP contribution in [0.5, 0.6) is 0 Å². The van der Waals surface area contributed by atoms with Crippen LogP contribution < -0.4 is 21.9 Å². The summed E-state index contributed by atoms with van der Waals surface area (Å²) in [5.74, 6) is -2.75. The molecule has 2 atom stereocenters. The number of aliphatic carboxylic acids is 1. The Hall–Kier alpha value is -1.94. The summed E-state index contributed by atoms with van der Waals surface area (Å²) in [7, 11) is 0. The topological polar surface area (TPSA) is 181 Å². The molecule has 0 bridgehead atoms. The Morgan fingerprint density at radius 3 is 2.56 bits per heavy atom. The third-order valence-corrected chi connectivity index (χ3v) is 3.28. The van der Waals surface area contributed by atoms with Crippen molar-refractivity contribution >= 4 is 17.8 Å². The average molecular weight is 393 g/mol. The first-order valence-electron chi connectivity index (χ1n) is 7.60. The molecule has 0 saturated carbocycles. The molecule has 1 aromatic heterocycles. The zero-order chi connectivity index (χ0) is 17.9. The van der Waals surface area contributed by atoms with Gasteiger partial charge in [0.15, 0.2) is 0 Å². The first-order chi connectivity index (χ1) is 11.5. The summed E-state index contributed by atoms with van der Waals surface area (Å²) in [4.78, 5) is 41.6. The van der Waals surface area contributed by atoms with Crippen molar-refractivity contribution in [3.8, 4) is 0 Å². The number of carbonyl (C=O) groups excluding carboxylic acids is 3. The Kier molecular flexibility index (Phi) is 11.5. The molecule has 0 aliphatic heterocycles. The molecule has 0 fully saturated rings. The number of nitrogens with one attached hydrogen (secondary N) is 2. The van der Waals surface area contributed by atoms with Crippen LogP contribution in [-0.2, 0) is 37.9 Å². The van der Waals surface area contributed by atoms with E-state index in [9.17, 15) is 19.5 Å². The molecule has 1 rings (SSSR count). The van der Waals surface area contributed by atoms with Gasteiger partial charge in [0.05, 0.1) is 29.9 Å². The Balaban J connectivity index is 0.00000576. The number of hydrogen-bond acceptors (Lipinski definition) is 7. The number of H-pyrrole nitrogens is 1. The molecule has 0 spiro atoms. The number of aromatic amines is 1. The number of nitrogens with zero attached hydrogens (tertiary/aromatic N) is 2. The number of carbonyl (C=O) groups is 3. The molecule has 0 unspecified atom stereocenters. The van der Waals surface area contributed by atoms with Crippen LogP contribution in [0.3, 0.4) is 0 Å². The molecule has 2 amide bonds. The minimum atomic E-state index is -1.40. The number of rotatable bonds is 11. The zero-order valence-electron chi connectivity index (χ0n) is 13.6. The van der Waals surface area contributed by atoms with Crippen LogP contribution in [0, 0.1) is 0 Å². The number of imidazole rings is 1. The molecule has 0 aromatic carbocycles. The maximum absolute atomic E-state index is 12.3. The van der Waals surface area contributed by atoms with Gasteiger partial charge in [-0.15, -0.1) is 0 Å². The Labute approximate surface area is 156 Å². The molecule has 0 aliphatic rings. The van der Waals surface area contributed by atoms with E-state index in [1.807, 2.05) is 0 Å². The summed E-state index contributed by atoms with van der Waals surface area (Å²) >= 11 is 0. The van der Waals surface area contributed by atoms with Crippen LogP contribution in [0.15, 0.2) is 12.5 Å². The Morgan fingerprint density at radius 1 is 1.32 bits per heavy atom. The summed E-state index contributed by atoms with van der Waals surface area (Å²) < 4.78 is 0. The van der Waals surface area contributed by atoms with Crippen molar-refractivity contribution in [2.45, 2.75) is 37.8 Å². The zero-order valence-corrected chi connectivity index (χ0v) is 14.8. The normalized spacial score (nSPS) is 12.6. The van der Waals surface area contributed by atoms with E-state index in [-0.39, 0.29) is 36.5 Å². The van der Waals surface area contributed by atoms with E-state index >= 15 is 0 Å². The number of carboxylic acid groups (broad SMARTS) is 1. The van der Waals surface area contributed by atoms with Crippen LogP contribution in [0.4, 0.5) is 0 Å². The van der Waals surface area contributed by atoms with E-state index in [4.69, 9.17) is 11.5 Å². The molecule has 10 nitrogen and oxygen atoms in total. The molecule has 6 N–H and O–H groups in total. The first kappa shape index (κ1) is 23.1. The Bertz CT molecular complexity index is 539. The van der Waals surface area contributed by atoms with Gasteiger partial charge in [0, 0.05) is 12.7 Å². The number of hydrogen-bond donors (Lipinski definition) is 4. The Morgan fingerprint density at radius 2 is 2.04 bits per heavy atom.